The molecule has 0 saturated heterocycles. The lowest BCUT2D eigenvalue weighted by molar-refractivity contribution is -0.136. The van der Waals surface area contributed by atoms with Crippen molar-refractivity contribution in [1.82, 2.24) is 15.3 Å². The Balaban J connectivity index is 2.02. The van der Waals surface area contributed by atoms with Gasteiger partial charge in [0.25, 0.3) is 0 Å². The van der Waals surface area contributed by atoms with E-state index in [1.807, 2.05) is 13.0 Å². The quantitative estimate of drug-likeness (QED) is 0.745. The van der Waals surface area contributed by atoms with Crippen LogP contribution in [-0.4, -0.2) is 39.5 Å². The van der Waals surface area contributed by atoms with E-state index in [4.69, 9.17) is 5.11 Å². The third-order valence-electron chi connectivity index (χ3n) is 2.84. The Morgan fingerprint density at radius 1 is 1.43 bits per heavy atom. The fourth-order valence-electron chi connectivity index (χ4n) is 1.81. The summed E-state index contributed by atoms with van der Waals surface area (Å²) in [7, 11) is 0. The van der Waals surface area contributed by atoms with E-state index in [2.05, 4.69) is 20.6 Å². The highest BCUT2D eigenvalue weighted by Crippen LogP contribution is 2.27. The summed E-state index contributed by atoms with van der Waals surface area (Å²) in [6.45, 7) is 3.79. The van der Waals surface area contributed by atoms with Crippen LogP contribution < -0.4 is 10.6 Å². The minimum Gasteiger partial charge on any atom is -0.481 e. The number of carbonyl (C=O) groups excluding carboxylic acids is 1. The fraction of sp³-hybridized carbons (Fsp3) is 0.385. The number of carbonyl (C=O) groups is 2. The summed E-state index contributed by atoms with van der Waals surface area (Å²) in [6.07, 6.45) is 1.36. The largest absolute Gasteiger partial charge is 0.481 e. The molecule has 0 aliphatic carbocycles. The van der Waals surface area contributed by atoms with Gasteiger partial charge in [0.15, 0.2) is 0 Å². The summed E-state index contributed by atoms with van der Waals surface area (Å²) in [6, 6.07) is 1.45. The Morgan fingerprint density at radius 3 is 2.90 bits per heavy atom. The SMILES string of the molecule is Cc1cc2c(NC(C)C(=O)NCCC(=O)O)ncnc2s1. The number of nitrogens with one attached hydrogen (secondary N) is 2. The molecular weight excluding hydrogens is 292 g/mol. The van der Waals surface area contributed by atoms with E-state index >= 15 is 0 Å². The van der Waals surface area contributed by atoms with E-state index in [1.54, 1.807) is 18.3 Å². The number of aromatic nitrogens is 2. The number of aliphatic carboxylic acids is 1. The molecule has 112 valence electrons. The first-order chi connectivity index (χ1) is 9.97. The smallest absolute Gasteiger partial charge is 0.305 e. The second-order valence-corrected chi connectivity index (χ2v) is 5.83. The molecule has 0 aliphatic heterocycles. The first kappa shape index (κ1) is 15.2. The molecule has 2 aromatic rings. The molecule has 0 aliphatic rings. The third-order valence-corrected chi connectivity index (χ3v) is 3.80. The Hall–Kier alpha value is -2.22. The highest BCUT2D eigenvalue weighted by atomic mass is 32.1. The molecular formula is C13H16N4O3S. The van der Waals surface area contributed by atoms with Crippen molar-refractivity contribution >= 4 is 39.2 Å². The predicted molar refractivity (Wildman–Crippen MR) is 80.5 cm³/mol. The van der Waals surface area contributed by atoms with Gasteiger partial charge in [-0.05, 0) is 19.9 Å². The standard InChI is InChI=1S/C13H16N4O3S/c1-7-5-9-11(15-6-16-13(9)21-7)17-8(2)12(20)14-4-3-10(18)19/h5-6,8H,3-4H2,1-2H3,(H,14,20)(H,18,19)(H,15,16,17). The number of nitrogens with zero attached hydrogens (tertiary/aromatic N) is 2. The van der Waals surface area contributed by atoms with Gasteiger partial charge in [-0.1, -0.05) is 0 Å². The van der Waals surface area contributed by atoms with Crippen molar-refractivity contribution in [3.05, 3.63) is 17.3 Å². The molecule has 0 radical (unpaired) electrons. The van der Waals surface area contributed by atoms with Crippen molar-refractivity contribution < 1.29 is 14.7 Å². The lowest BCUT2D eigenvalue weighted by Crippen LogP contribution is -2.38. The van der Waals surface area contributed by atoms with Gasteiger partial charge < -0.3 is 15.7 Å². The topological polar surface area (TPSA) is 104 Å². The average Bonchev–Trinajstić information content (AvgIpc) is 2.79. The molecule has 0 spiro atoms. The minimum atomic E-state index is -0.942. The number of amides is 1. The molecule has 1 atom stereocenters. The van der Waals surface area contributed by atoms with E-state index < -0.39 is 12.0 Å². The average molecular weight is 308 g/mol. The first-order valence-corrected chi connectivity index (χ1v) is 7.26. The van der Waals surface area contributed by atoms with Crippen LogP contribution in [0.1, 0.15) is 18.2 Å². The normalized spacial score (nSPS) is 12.1. The second-order valence-electron chi connectivity index (χ2n) is 4.60. The summed E-state index contributed by atoms with van der Waals surface area (Å²) in [5.74, 6) is -0.609. The van der Waals surface area contributed by atoms with Crippen LogP contribution in [0.4, 0.5) is 5.82 Å². The maximum atomic E-state index is 11.9. The number of thiophene rings is 1. The summed E-state index contributed by atoms with van der Waals surface area (Å²) in [4.78, 5) is 32.6. The molecule has 3 N–H and O–H groups in total. The zero-order valence-corrected chi connectivity index (χ0v) is 12.5. The minimum absolute atomic E-state index is 0.0973. The number of hydrogen-bond donors (Lipinski definition) is 3. The van der Waals surface area contributed by atoms with Crippen molar-refractivity contribution in [2.75, 3.05) is 11.9 Å². The van der Waals surface area contributed by atoms with Crippen LogP contribution in [0, 0.1) is 6.92 Å². The van der Waals surface area contributed by atoms with Crippen molar-refractivity contribution in [3.63, 3.8) is 0 Å². The number of anilines is 1. The monoisotopic (exact) mass is 308 g/mol. The second kappa shape index (κ2) is 6.49. The van der Waals surface area contributed by atoms with Crippen molar-refractivity contribution in [1.29, 1.82) is 0 Å². The van der Waals surface area contributed by atoms with E-state index in [0.29, 0.717) is 5.82 Å². The number of hydrogen-bond acceptors (Lipinski definition) is 6. The fourth-order valence-corrected chi connectivity index (χ4v) is 2.65. The van der Waals surface area contributed by atoms with E-state index in [1.165, 1.54) is 6.33 Å². The molecule has 21 heavy (non-hydrogen) atoms. The summed E-state index contributed by atoms with van der Waals surface area (Å²) >= 11 is 1.56. The lowest BCUT2D eigenvalue weighted by Gasteiger charge is -2.14. The Kier molecular flexibility index (Phi) is 4.69. The van der Waals surface area contributed by atoms with Gasteiger partial charge in [0, 0.05) is 11.4 Å². The van der Waals surface area contributed by atoms with E-state index in [-0.39, 0.29) is 18.9 Å². The van der Waals surface area contributed by atoms with Crippen LogP contribution in [0.25, 0.3) is 10.2 Å². The zero-order chi connectivity index (χ0) is 15.4. The molecule has 2 rings (SSSR count). The molecule has 0 fully saturated rings. The Morgan fingerprint density at radius 2 is 2.19 bits per heavy atom. The van der Waals surface area contributed by atoms with Crippen LogP contribution in [-0.2, 0) is 9.59 Å². The van der Waals surface area contributed by atoms with E-state index in [0.717, 1.165) is 15.1 Å². The van der Waals surface area contributed by atoms with Crippen LogP contribution in [0.2, 0.25) is 0 Å². The van der Waals surface area contributed by atoms with Gasteiger partial charge in [0.1, 0.15) is 23.0 Å². The van der Waals surface area contributed by atoms with Crippen molar-refractivity contribution in [2.24, 2.45) is 0 Å². The van der Waals surface area contributed by atoms with E-state index in [9.17, 15) is 9.59 Å². The number of rotatable bonds is 6. The molecule has 1 amide bonds. The molecule has 0 aromatic carbocycles. The molecule has 1 unspecified atom stereocenters. The van der Waals surface area contributed by atoms with Crippen LogP contribution >= 0.6 is 11.3 Å². The third kappa shape index (κ3) is 3.88. The molecule has 2 heterocycles. The van der Waals surface area contributed by atoms with Crippen LogP contribution in [0.3, 0.4) is 0 Å². The zero-order valence-electron chi connectivity index (χ0n) is 11.7. The van der Waals surface area contributed by atoms with Crippen LogP contribution in [0.5, 0.6) is 0 Å². The lowest BCUT2D eigenvalue weighted by atomic mass is 10.2. The highest BCUT2D eigenvalue weighted by molar-refractivity contribution is 7.18. The summed E-state index contributed by atoms with van der Waals surface area (Å²) in [5.41, 5.74) is 0. The molecule has 7 nitrogen and oxygen atoms in total. The van der Waals surface area contributed by atoms with Crippen molar-refractivity contribution in [2.45, 2.75) is 26.3 Å². The molecule has 0 bridgehead atoms. The number of aryl methyl sites for hydroxylation is 1. The first-order valence-electron chi connectivity index (χ1n) is 6.44. The van der Waals surface area contributed by atoms with Gasteiger partial charge in [-0.15, -0.1) is 11.3 Å². The van der Waals surface area contributed by atoms with Crippen molar-refractivity contribution in [3.8, 4) is 0 Å². The maximum Gasteiger partial charge on any atom is 0.305 e. The summed E-state index contributed by atoms with van der Waals surface area (Å²) in [5, 5.41) is 15.0. The highest BCUT2D eigenvalue weighted by Gasteiger charge is 2.15. The van der Waals surface area contributed by atoms with Crippen LogP contribution in [0.15, 0.2) is 12.4 Å². The van der Waals surface area contributed by atoms with Gasteiger partial charge in [0.05, 0.1) is 11.8 Å². The molecule has 8 heteroatoms. The maximum absolute atomic E-state index is 11.9. The van der Waals surface area contributed by atoms with Gasteiger partial charge in [-0.2, -0.15) is 0 Å². The number of carboxylic acid groups (broad SMARTS) is 1. The Bertz CT molecular complexity index is 670. The number of carboxylic acids is 1. The molecule has 0 saturated carbocycles. The number of fused-ring (bicyclic) bond motifs is 1. The molecule has 2 aromatic heterocycles. The van der Waals surface area contributed by atoms with Gasteiger partial charge in [-0.25, -0.2) is 9.97 Å². The predicted octanol–water partition coefficient (Wildman–Crippen LogP) is 1.39. The Labute approximate surface area is 125 Å². The van der Waals surface area contributed by atoms with Gasteiger partial charge in [0.2, 0.25) is 5.91 Å². The van der Waals surface area contributed by atoms with Gasteiger partial charge in [-0.3, -0.25) is 9.59 Å². The summed E-state index contributed by atoms with van der Waals surface area (Å²) < 4.78 is 0. The van der Waals surface area contributed by atoms with Gasteiger partial charge >= 0.3 is 5.97 Å².